The number of nitrogens with zero attached hydrogens (tertiary/aromatic N) is 2. The van der Waals surface area contributed by atoms with Gasteiger partial charge in [-0.25, -0.2) is 0 Å². The first-order chi connectivity index (χ1) is 8.37. The van der Waals surface area contributed by atoms with Crippen molar-refractivity contribution in [1.29, 1.82) is 0 Å². The molecule has 1 aliphatic rings. The monoisotopic (exact) mass is 384 g/mol. The Hall–Kier alpha value is -0.770. The number of carbonyl (C=O) groups excluding carboxylic acids is 1. The summed E-state index contributed by atoms with van der Waals surface area (Å²) < 4.78 is 34.6. The smallest absolute Gasteiger partial charge is 0.302 e. The van der Waals surface area contributed by atoms with Gasteiger partial charge >= 0.3 is 10.2 Å². The summed E-state index contributed by atoms with van der Waals surface area (Å²) in [6.45, 7) is 0.224. The fraction of sp³-hybridized carbons (Fsp3) is 0.400. The second kappa shape index (κ2) is 5.08. The summed E-state index contributed by atoms with van der Waals surface area (Å²) in [6.07, 6.45) is 3.23. The predicted molar refractivity (Wildman–Crippen MR) is 72.3 cm³/mol. The SMILES string of the molecule is O=C1CC(CS(=O)(=O)F)CN1c1ccncc1I. The Morgan fingerprint density at radius 3 is 2.89 bits per heavy atom. The molecule has 0 spiro atoms. The molecular formula is C10H10FIN2O3S. The quantitative estimate of drug-likeness (QED) is 0.583. The van der Waals surface area contributed by atoms with Crippen LogP contribution in [0.3, 0.4) is 0 Å². The van der Waals surface area contributed by atoms with E-state index in [1.54, 1.807) is 18.5 Å². The van der Waals surface area contributed by atoms with Gasteiger partial charge in [0.1, 0.15) is 0 Å². The molecular weight excluding hydrogens is 374 g/mol. The Kier molecular flexibility index (Phi) is 3.85. The van der Waals surface area contributed by atoms with E-state index in [9.17, 15) is 17.1 Å². The highest BCUT2D eigenvalue weighted by Crippen LogP contribution is 2.29. The van der Waals surface area contributed by atoms with Gasteiger partial charge in [-0.1, -0.05) is 0 Å². The standard InChI is InChI=1S/C10H10FIN2O3S/c11-18(16,17)6-7-3-10(15)14(5-7)9-1-2-13-4-8(9)12/h1-2,4,7H,3,5-6H2. The Labute approximate surface area is 118 Å². The minimum absolute atomic E-state index is 0.0571. The van der Waals surface area contributed by atoms with Gasteiger partial charge in [0.05, 0.1) is 15.0 Å². The maximum Gasteiger partial charge on any atom is 0.302 e. The second-order valence-electron chi connectivity index (χ2n) is 4.11. The Bertz CT molecular complexity index is 578. The Morgan fingerprint density at radius 1 is 1.56 bits per heavy atom. The number of amides is 1. The largest absolute Gasteiger partial charge is 0.311 e. The first-order valence-corrected chi connectivity index (χ1v) is 7.82. The molecule has 0 saturated carbocycles. The van der Waals surface area contributed by atoms with Crippen LogP contribution in [0.2, 0.25) is 0 Å². The van der Waals surface area contributed by atoms with Gasteiger partial charge < -0.3 is 4.90 Å². The van der Waals surface area contributed by atoms with Crippen molar-refractivity contribution < 1.29 is 17.1 Å². The minimum Gasteiger partial charge on any atom is -0.311 e. The zero-order valence-electron chi connectivity index (χ0n) is 9.21. The zero-order chi connectivity index (χ0) is 13.3. The first kappa shape index (κ1) is 13.7. The number of rotatable bonds is 3. The normalized spacial score (nSPS) is 20.4. The molecule has 1 atom stereocenters. The van der Waals surface area contributed by atoms with Crippen LogP contribution in [0.15, 0.2) is 18.5 Å². The van der Waals surface area contributed by atoms with Crippen molar-refractivity contribution in [2.45, 2.75) is 6.42 Å². The van der Waals surface area contributed by atoms with Crippen molar-refractivity contribution in [3.8, 4) is 0 Å². The Balaban J connectivity index is 2.18. The molecule has 1 saturated heterocycles. The van der Waals surface area contributed by atoms with Crippen LogP contribution in [0.4, 0.5) is 9.57 Å². The molecule has 98 valence electrons. The summed E-state index contributed by atoms with van der Waals surface area (Å²) in [4.78, 5) is 17.2. The molecule has 2 heterocycles. The molecule has 1 aromatic rings. The molecule has 1 amide bonds. The molecule has 1 unspecified atom stereocenters. The lowest BCUT2D eigenvalue weighted by Crippen LogP contribution is -2.26. The van der Waals surface area contributed by atoms with Crippen LogP contribution < -0.4 is 4.90 Å². The van der Waals surface area contributed by atoms with Crippen LogP contribution in [0, 0.1) is 9.49 Å². The van der Waals surface area contributed by atoms with E-state index in [1.165, 1.54) is 4.90 Å². The summed E-state index contributed by atoms with van der Waals surface area (Å²) in [5, 5.41) is 0. The van der Waals surface area contributed by atoms with Crippen molar-refractivity contribution in [3.05, 3.63) is 22.0 Å². The topological polar surface area (TPSA) is 67.3 Å². The molecule has 0 bridgehead atoms. The van der Waals surface area contributed by atoms with E-state index in [0.717, 1.165) is 3.57 Å². The first-order valence-electron chi connectivity index (χ1n) is 5.19. The maximum absolute atomic E-state index is 12.6. The van der Waals surface area contributed by atoms with Crippen LogP contribution in [-0.2, 0) is 15.0 Å². The average Bonchev–Trinajstić information content (AvgIpc) is 2.57. The van der Waals surface area contributed by atoms with Gasteiger partial charge in [-0.15, -0.1) is 3.89 Å². The maximum atomic E-state index is 12.6. The van der Waals surface area contributed by atoms with Gasteiger partial charge in [0.15, 0.2) is 0 Å². The van der Waals surface area contributed by atoms with Gasteiger partial charge in [0, 0.05) is 31.3 Å². The summed E-state index contributed by atoms with van der Waals surface area (Å²) >= 11 is 2.05. The molecule has 0 aromatic carbocycles. The van der Waals surface area contributed by atoms with Crippen LogP contribution in [0.25, 0.3) is 0 Å². The van der Waals surface area contributed by atoms with Crippen molar-refractivity contribution >= 4 is 44.4 Å². The molecule has 1 aromatic heterocycles. The van der Waals surface area contributed by atoms with E-state index in [-0.39, 0.29) is 18.9 Å². The molecule has 8 heteroatoms. The lowest BCUT2D eigenvalue weighted by Gasteiger charge is -2.17. The molecule has 2 rings (SSSR count). The number of aromatic nitrogens is 1. The molecule has 0 aliphatic carbocycles. The van der Waals surface area contributed by atoms with Crippen LogP contribution in [0.5, 0.6) is 0 Å². The van der Waals surface area contributed by atoms with E-state index in [0.29, 0.717) is 5.69 Å². The predicted octanol–water partition coefficient (Wildman–Crippen LogP) is 1.34. The van der Waals surface area contributed by atoms with Gasteiger partial charge in [-0.3, -0.25) is 9.78 Å². The van der Waals surface area contributed by atoms with E-state index < -0.39 is 21.9 Å². The fourth-order valence-electron chi connectivity index (χ4n) is 1.99. The van der Waals surface area contributed by atoms with Crippen LogP contribution in [0.1, 0.15) is 6.42 Å². The third-order valence-corrected chi connectivity index (χ3v) is 4.38. The van der Waals surface area contributed by atoms with Gasteiger partial charge in [-0.05, 0) is 28.7 Å². The third kappa shape index (κ3) is 3.16. The summed E-state index contributed by atoms with van der Waals surface area (Å²) in [7, 11) is -4.54. The number of hydrogen-bond acceptors (Lipinski definition) is 4. The van der Waals surface area contributed by atoms with E-state index in [1.807, 2.05) is 22.6 Å². The summed E-state index contributed by atoms with van der Waals surface area (Å²) in [5.74, 6) is -1.28. The van der Waals surface area contributed by atoms with E-state index in [4.69, 9.17) is 0 Å². The summed E-state index contributed by atoms with van der Waals surface area (Å²) in [5.41, 5.74) is 0.689. The van der Waals surface area contributed by atoms with E-state index >= 15 is 0 Å². The van der Waals surface area contributed by atoms with Crippen LogP contribution in [-0.4, -0.2) is 31.6 Å². The highest BCUT2D eigenvalue weighted by molar-refractivity contribution is 14.1. The molecule has 1 fully saturated rings. The number of hydrogen-bond donors (Lipinski definition) is 0. The van der Waals surface area contributed by atoms with Crippen molar-refractivity contribution in [2.75, 3.05) is 17.2 Å². The highest BCUT2D eigenvalue weighted by atomic mass is 127. The van der Waals surface area contributed by atoms with Crippen molar-refractivity contribution in [1.82, 2.24) is 4.98 Å². The number of halogens is 2. The summed E-state index contributed by atoms with van der Waals surface area (Å²) in [6, 6.07) is 1.69. The molecule has 1 aliphatic heterocycles. The number of pyridine rings is 1. The van der Waals surface area contributed by atoms with Gasteiger partial charge in [-0.2, -0.15) is 8.42 Å². The number of anilines is 1. The van der Waals surface area contributed by atoms with Gasteiger partial charge in [0.25, 0.3) is 0 Å². The van der Waals surface area contributed by atoms with Crippen LogP contribution >= 0.6 is 22.6 Å². The fourth-order valence-corrected chi connectivity index (χ4v) is 3.41. The molecule has 0 N–H and O–H groups in total. The molecule has 5 nitrogen and oxygen atoms in total. The molecule has 18 heavy (non-hydrogen) atoms. The lowest BCUT2D eigenvalue weighted by atomic mass is 10.1. The van der Waals surface area contributed by atoms with Crippen molar-refractivity contribution in [2.24, 2.45) is 5.92 Å². The van der Waals surface area contributed by atoms with Crippen molar-refractivity contribution in [3.63, 3.8) is 0 Å². The zero-order valence-corrected chi connectivity index (χ0v) is 12.2. The Morgan fingerprint density at radius 2 is 2.28 bits per heavy atom. The third-order valence-electron chi connectivity index (χ3n) is 2.68. The highest BCUT2D eigenvalue weighted by Gasteiger charge is 2.34. The van der Waals surface area contributed by atoms with E-state index in [2.05, 4.69) is 4.98 Å². The molecule has 0 radical (unpaired) electrons. The van der Waals surface area contributed by atoms with Gasteiger partial charge in [0.2, 0.25) is 5.91 Å². The lowest BCUT2D eigenvalue weighted by molar-refractivity contribution is -0.117. The average molecular weight is 384 g/mol. The minimum atomic E-state index is -4.54. The second-order valence-corrected chi connectivity index (χ2v) is 6.68. The number of carbonyl (C=O) groups is 1.